The van der Waals surface area contributed by atoms with Crippen LogP contribution in [0.1, 0.15) is 98.3 Å². The van der Waals surface area contributed by atoms with E-state index in [0.29, 0.717) is 55.0 Å². The molecule has 4 aromatic carbocycles. The van der Waals surface area contributed by atoms with Crippen LogP contribution in [-0.2, 0) is 16.6 Å². The fraction of sp³-hybridized carbons (Fsp3) is 0.429. The van der Waals surface area contributed by atoms with E-state index in [2.05, 4.69) is 72.8 Å². The number of fused-ring (bicyclic) bond motifs is 1. The number of H-pyrrole nitrogens is 1. The monoisotopic (exact) mass is 1040 g/mol. The predicted octanol–water partition coefficient (Wildman–Crippen LogP) is 9.54. The number of benzene rings is 4. The Hall–Kier alpha value is -6.80. The van der Waals surface area contributed by atoms with Crippen molar-refractivity contribution in [1.82, 2.24) is 24.5 Å². The maximum absolute atomic E-state index is 15.1. The van der Waals surface area contributed by atoms with Crippen molar-refractivity contribution in [3.8, 4) is 23.0 Å². The van der Waals surface area contributed by atoms with E-state index in [0.717, 1.165) is 81.1 Å². The van der Waals surface area contributed by atoms with Gasteiger partial charge in [-0.3, -0.25) is 24.7 Å². The Morgan fingerprint density at radius 2 is 1.76 bits per heavy atom. The Labute approximate surface area is 436 Å². The van der Waals surface area contributed by atoms with E-state index >= 15 is 4.39 Å². The molecule has 10 rings (SSSR count). The zero-order valence-electron chi connectivity index (χ0n) is 43.0. The number of aromatic nitrogens is 2. The van der Waals surface area contributed by atoms with E-state index < -0.39 is 42.9 Å². The molecule has 1 spiro atoms. The number of nitro benzene ring substituents is 1. The molecule has 4 aliphatic rings. The van der Waals surface area contributed by atoms with Crippen molar-refractivity contribution >= 4 is 44.0 Å². The lowest BCUT2D eigenvalue weighted by Crippen LogP contribution is -2.68. The molecule has 75 heavy (non-hydrogen) atoms. The Kier molecular flexibility index (Phi) is 14.3. The Bertz CT molecular complexity index is 3220. The van der Waals surface area contributed by atoms with E-state index in [-0.39, 0.29) is 40.1 Å². The first-order valence-electron chi connectivity index (χ1n) is 25.7. The van der Waals surface area contributed by atoms with Crippen LogP contribution in [0.4, 0.5) is 21.5 Å². The molecule has 2 aliphatic heterocycles. The third-order valence-corrected chi connectivity index (χ3v) is 17.2. The van der Waals surface area contributed by atoms with Gasteiger partial charge in [-0.1, -0.05) is 38.1 Å². The van der Waals surface area contributed by atoms with Gasteiger partial charge in [-0.15, -0.1) is 0 Å². The van der Waals surface area contributed by atoms with Crippen LogP contribution >= 0.6 is 0 Å². The fourth-order valence-electron chi connectivity index (χ4n) is 11.8. The molecule has 1 amide bonds. The van der Waals surface area contributed by atoms with Crippen molar-refractivity contribution in [1.29, 1.82) is 0 Å². The summed E-state index contributed by atoms with van der Waals surface area (Å²) in [5.74, 6) is 0.00829. The summed E-state index contributed by atoms with van der Waals surface area (Å²) in [4.78, 5) is 40.1. The van der Waals surface area contributed by atoms with Crippen molar-refractivity contribution in [3.63, 3.8) is 0 Å². The molecule has 2 saturated carbocycles. The van der Waals surface area contributed by atoms with E-state index in [9.17, 15) is 28.4 Å². The molecule has 0 bridgehead atoms. The predicted molar refractivity (Wildman–Crippen MR) is 284 cm³/mol. The van der Waals surface area contributed by atoms with E-state index in [1.54, 1.807) is 37.4 Å². The summed E-state index contributed by atoms with van der Waals surface area (Å²) in [6.07, 6.45) is 8.04. The SMILES string of the molecule is COc1cc(CN2CCN(C3CC4(C3)CN(c3ccc(C(=O)NS(=O)(=O)c5ccc(NCC6CCC(C)(O)CC6)c([N+](=O)[O-])c5)c(Oc5cnc6[nH]ccc6c5)c3)C4)[C@H](c3ccccc3C(C)C)C2)cc(F)c1OC. The molecule has 2 aromatic heterocycles. The van der Waals surface area contributed by atoms with Gasteiger partial charge in [0, 0.05) is 92.7 Å². The number of nitrogens with zero attached hydrogens (tertiary/aromatic N) is 5. The minimum Gasteiger partial charge on any atom is -0.493 e. The van der Waals surface area contributed by atoms with E-state index in [4.69, 9.17) is 14.2 Å². The highest BCUT2D eigenvalue weighted by molar-refractivity contribution is 7.90. The standard InChI is InChI=1S/C56H65FN8O9S/c1-35(2)43-8-6-7-9-44(43)49-32-62(31-37-22-46(57)52(73-5)51(23-37)72-4)20-21-64(49)40-27-56(28-40)33-63(34-56)39-10-12-45(50(25-39)74-41-24-38-16-19-58-53(38)60-30-41)54(66)61-75(70,71)42-11-13-47(48(26-42)65(68)69)59-29-36-14-17-55(3,67)18-15-36/h6-13,16,19,22-26,30,35-36,40,49,59,67H,14-15,17-18,20-21,27-29,31-34H2,1-5H3,(H,58,60)(H,61,66)/t36?,49-,55?/m0/s1. The second-order valence-corrected chi connectivity index (χ2v) is 23.2. The van der Waals surface area contributed by atoms with Gasteiger partial charge >= 0.3 is 0 Å². The Balaban J connectivity index is 0.842. The van der Waals surface area contributed by atoms with Gasteiger partial charge in [0.2, 0.25) is 0 Å². The first-order valence-corrected chi connectivity index (χ1v) is 27.2. The van der Waals surface area contributed by atoms with Gasteiger partial charge in [-0.05, 0) is 123 Å². The molecule has 0 unspecified atom stereocenters. The highest BCUT2D eigenvalue weighted by Gasteiger charge is 2.55. The van der Waals surface area contributed by atoms with Crippen molar-refractivity contribution in [3.05, 3.63) is 136 Å². The second kappa shape index (κ2) is 20.7. The number of hydrogen-bond donors (Lipinski definition) is 4. The van der Waals surface area contributed by atoms with Crippen LogP contribution in [0.5, 0.6) is 23.0 Å². The Morgan fingerprint density at radius 1 is 0.987 bits per heavy atom. The summed E-state index contributed by atoms with van der Waals surface area (Å²) in [7, 11) is -1.66. The summed E-state index contributed by atoms with van der Waals surface area (Å²) in [5.41, 5.74) is 3.92. The van der Waals surface area contributed by atoms with Gasteiger partial charge in [0.1, 0.15) is 22.8 Å². The number of aliphatic hydroxyl groups is 1. The zero-order valence-corrected chi connectivity index (χ0v) is 43.8. The number of methoxy groups -OCH3 is 2. The summed E-state index contributed by atoms with van der Waals surface area (Å²) in [5, 5.41) is 26.5. The molecule has 4 fully saturated rings. The normalized spacial score (nSPS) is 21.1. The second-order valence-electron chi connectivity index (χ2n) is 21.6. The summed E-state index contributed by atoms with van der Waals surface area (Å²) in [6, 6.07) is 24.8. The van der Waals surface area contributed by atoms with Gasteiger partial charge in [0.15, 0.2) is 17.3 Å². The average Bonchev–Trinajstić information content (AvgIpc) is 3.83. The molecule has 396 valence electrons. The number of carbonyl (C=O) groups is 1. The molecule has 4 heterocycles. The van der Waals surface area contributed by atoms with Gasteiger partial charge in [-0.25, -0.2) is 22.5 Å². The van der Waals surface area contributed by atoms with Crippen molar-refractivity contribution in [2.45, 2.75) is 94.3 Å². The molecule has 0 radical (unpaired) electrons. The number of pyridine rings is 1. The van der Waals surface area contributed by atoms with Gasteiger partial charge < -0.3 is 34.5 Å². The number of ether oxygens (including phenoxy) is 3. The molecule has 4 N–H and O–H groups in total. The van der Waals surface area contributed by atoms with Crippen molar-refractivity contribution in [2.24, 2.45) is 11.3 Å². The number of aromatic amines is 1. The number of hydrogen-bond acceptors (Lipinski definition) is 14. The Morgan fingerprint density at radius 3 is 2.49 bits per heavy atom. The average molecular weight is 1050 g/mol. The minimum atomic E-state index is -4.61. The number of anilines is 2. The zero-order chi connectivity index (χ0) is 52.8. The summed E-state index contributed by atoms with van der Waals surface area (Å²) in [6.45, 7) is 11.3. The number of halogens is 1. The number of carbonyl (C=O) groups excluding carboxylic acids is 1. The van der Waals surface area contributed by atoms with Crippen LogP contribution in [0, 0.1) is 27.3 Å². The lowest BCUT2D eigenvalue weighted by atomic mass is 9.59. The lowest BCUT2D eigenvalue weighted by molar-refractivity contribution is -0.384. The van der Waals surface area contributed by atoms with Gasteiger partial charge in [-0.2, -0.15) is 0 Å². The molecular formula is C56H65FN8O9S. The third kappa shape index (κ3) is 10.9. The van der Waals surface area contributed by atoms with Gasteiger partial charge in [0.05, 0.1) is 41.4 Å². The number of amides is 1. The molecule has 19 heteroatoms. The van der Waals surface area contributed by atoms with E-state index in [1.807, 2.05) is 12.1 Å². The maximum Gasteiger partial charge on any atom is 0.293 e. The first kappa shape index (κ1) is 51.7. The van der Waals surface area contributed by atoms with Crippen molar-refractivity contribution in [2.75, 3.05) is 63.7 Å². The largest absolute Gasteiger partial charge is 0.493 e. The fourth-order valence-corrected chi connectivity index (χ4v) is 12.8. The molecule has 6 aromatic rings. The van der Waals surface area contributed by atoms with Crippen LogP contribution in [0.2, 0.25) is 0 Å². The summed E-state index contributed by atoms with van der Waals surface area (Å²) >= 11 is 0. The van der Waals surface area contributed by atoms with Crippen LogP contribution in [0.25, 0.3) is 11.0 Å². The molecular weight excluding hydrogens is 980 g/mol. The molecule has 1 atom stereocenters. The lowest BCUT2D eigenvalue weighted by Gasteiger charge is -2.63. The molecule has 2 aliphatic carbocycles. The number of nitrogens with one attached hydrogen (secondary N) is 3. The topological polar surface area (TPSA) is 205 Å². The minimum absolute atomic E-state index is 0.0576. The number of nitro groups is 1. The molecule has 2 saturated heterocycles. The number of sulfonamides is 1. The highest BCUT2D eigenvalue weighted by Crippen LogP contribution is 2.54. The number of rotatable bonds is 17. The first-order chi connectivity index (χ1) is 35.9. The smallest absolute Gasteiger partial charge is 0.293 e. The van der Waals surface area contributed by atoms with Crippen LogP contribution in [0.15, 0.2) is 102 Å². The van der Waals surface area contributed by atoms with E-state index in [1.165, 1.54) is 49.7 Å². The quantitative estimate of drug-likeness (QED) is 0.0496. The third-order valence-electron chi connectivity index (χ3n) is 15.9. The van der Waals surface area contributed by atoms with Crippen molar-refractivity contribution < 1.29 is 41.8 Å². The van der Waals surface area contributed by atoms with Gasteiger partial charge in [0.25, 0.3) is 21.6 Å². The summed E-state index contributed by atoms with van der Waals surface area (Å²) < 4.78 is 62.0. The highest BCUT2D eigenvalue weighted by atomic mass is 32.2. The van der Waals surface area contributed by atoms with Crippen LogP contribution in [0.3, 0.4) is 0 Å². The van der Waals surface area contributed by atoms with Crippen LogP contribution in [-0.4, -0.2) is 109 Å². The van der Waals surface area contributed by atoms with Crippen LogP contribution < -0.4 is 29.1 Å². The number of piperazine rings is 1. The maximum atomic E-state index is 15.1. The molecule has 17 nitrogen and oxygen atoms in total.